The highest BCUT2D eigenvalue weighted by Gasteiger charge is 2.25. The Hall–Kier alpha value is -1.03. The summed E-state index contributed by atoms with van der Waals surface area (Å²) in [6.07, 6.45) is 2.96. The average molecular weight is 284 g/mol. The lowest BCUT2D eigenvalue weighted by atomic mass is 9.92. The van der Waals surface area contributed by atoms with Gasteiger partial charge in [-0.1, -0.05) is 25.4 Å². The zero-order chi connectivity index (χ0) is 14.2. The van der Waals surface area contributed by atoms with E-state index in [0.29, 0.717) is 16.9 Å². The highest BCUT2D eigenvalue weighted by molar-refractivity contribution is 6.33. The van der Waals surface area contributed by atoms with Crippen LogP contribution >= 0.6 is 11.6 Å². The Morgan fingerprint density at radius 2 is 1.89 bits per heavy atom. The van der Waals surface area contributed by atoms with Crippen LogP contribution in [0.2, 0.25) is 5.02 Å². The summed E-state index contributed by atoms with van der Waals surface area (Å²) in [6, 6.07) is 0.0262. The fraction of sp³-hybridized carbons (Fsp3) is 0.714. The van der Waals surface area contributed by atoms with Crippen molar-refractivity contribution in [3.05, 3.63) is 21.6 Å². The van der Waals surface area contributed by atoms with Crippen LogP contribution in [0.1, 0.15) is 40.2 Å². The molecule has 2 heterocycles. The summed E-state index contributed by atoms with van der Waals surface area (Å²) < 4.78 is 1.43. The van der Waals surface area contributed by atoms with Crippen molar-refractivity contribution >= 4 is 17.3 Å². The standard InChI is InChI=1S/C14H22ClN3O/c1-9(2)18-14(19)13(15)12(6-16-18)17-7-10(3)5-11(4)8-17/h6,9-11H,5,7-8H2,1-4H3/t10-,11-/m0/s1. The number of anilines is 1. The van der Waals surface area contributed by atoms with Gasteiger partial charge in [0.15, 0.2) is 0 Å². The van der Waals surface area contributed by atoms with Crippen LogP contribution in [-0.4, -0.2) is 22.9 Å². The van der Waals surface area contributed by atoms with Gasteiger partial charge in [0.05, 0.1) is 17.9 Å². The molecule has 1 aliphatic rings. The monoisotopic (exact) mass is 283 g/mol. The van der Waals surface area contributed by atoms with Crippen molar-refractivity contribution in [2.24, 2.45) is 11.8 Å². The molecule has 0 radical (unpaired) electrons. The lowest BCUT2D eigenvalue weighted by Crippen LogP contribution is -2.40. The van der Waals surface area contributed by atoms with Crippen molar-refractivity contribution in [1.29, 1.82) is 0 Å². The van der Waals surface area contributed by atoms with Gasteiger partial charge in [-0.2, -0.15) is 5.10 Å². The van der Waals surface area contributed by atoms with E-state index < -0.39 is 0 Å². The molecule has 2 atom stereocenters. The second kappa shape index (κ2) is 5.53. The van der Waals surface area contributed by atoms with E-state index in [4.69, 9.17) is 11.6 Å². The van der Waals surface area contributed by atoms with E-state index >= 15 is 0 Å². The van der Waals surface area contributed by atoms with E-state index in [9.17, 15) is 4.79 Å². The zero-order valence-corrected chi connectivity index (χ0v) is 12.8. The molecule has 0 amide bonds. The lowest BCUT2D eigenvalue weighted by molar-refractivity contribution is 0.356. The van der Waals surface area contributed by atoms with Crippen LogP contribution in [0, 0.1) is 11.8 Å². The van der Waals surface area contributed by atoms with Crippen molar-refractivity contribution in [3.63, 3.8) is 0 Å². The van der Waals surface area contributed by atoms with Gasteiger partial charge in [0.2, 0.25) is 0 Å². The van der Waals surface area contributed by atoms with Crippen LogP contribution in [0.4, 0.5) is 5.69 Å². The second-order valence-corrected chi connectivity index (χ2v) is 6.42. The molecule has 1 aliphatic heterocycles. The minimum Gasteiger partial charge on any atom is -0.368 e. The second-order valence-electron chi connectivity index (χ2n) is 6.04. The molecule has 1 aromatic heterocycles. The third-order valence-corrected chi connectivity index (χ3v) is 3.98. The van der Waals surface area contributed by atoms with Crippen molar-refractivity contribution in [1.82, 2.24) is 9.78 Å². The van der Waals surface area contributed by atoms with Gasteiger partial charge in [-0.05, 0) is 32.1 Å². The Morgan fingerprint density at radius 3 is 2.42 bits per heavy atom. The molecule has 0 bridgehead atoms. The maximum Gasteiger partial charge on any atom is 0.287 e. The van der Waals surface area contributed by atoms with Gasteiger partial charge < -0.3 is 4.90 Å². The predicted molar refractivity (Wildman–Crippen MR) is 79.1 cm³/mol. The van der Waals surface area contributed by atoms with Crippen molar-refractivity contribution < 1.29 is 0 Å². The molecule has 5 heteroatoms. The van der Waals surface area contributed by atoms with Crippen LogP contribution in [0.25, 0.3) is 0 Å². The largest absolute Gasteiger partial charge is 0.368 e. The average Bonchev–Trinajstić information content (AvgIpc) is 2.30. The molecule has 19 heavy (non-hydrogen) atoms. The normalized spacial score (nSPS) is 24.0. The first-order valence-electron chi connectivity index (χ1n) is 6.92. The van der Waals surface area contributed by atoms with Gasteiger partial charge in [0.25, 0.3) is 5.56 Å². The number of rotatable bonds is 2. The Balaban J connectivity index is 2.36. The summed E-state index contributed by atoms with van der Waals surface area (Å²) in [5, 5.41) is 4.54. The van der Waals surface area contributed by atoms with Crippen LogP contribution in [0.5, 0.6) is 0 Å². The van der Waals surface area contributed by atoms with E-state index in [1.807, 2.05) is 13.8 Å². The minimum absolute atomic E-state index is 0.0262. The molecule has 106 valence electrons. The minimum atomic E-state index is -0.194. The SMILES string of the molecule is CC(C)n1ncc(N2C[C@@H](C)C[C@H](C)C2)c(Cl)c1=O. The van der Waals surface area contributed by atoms with Crippen molar-refractivity contribution in [3.8, 4) is 0 Å². The van der Waals surface area contributed by atoms with E-state index in [-0.39, 0.29) is 11.6 Å². The van der Waals surface area contributed by atoms with E-state index in [1.165, 1.54) is 11.1 Å². The summed E-state index contributed by atoms with van der Waals surface area (Å²) in [7, 11) is 0. The molecule has 1 saturated heterocycles. The molecular formula is C14H22ClN3O. The van der Waals surface area contributed by atoms with Crippen LogP contribution in [0.3, 0.4) is 0 Å². The molecule has 1 aromatic rings. The lowest BCUT2D eigenvalue weighted by Gasteiger charge is -2.36. The first kappa shape index (κ1) is 14.4. The molecule has 4 nitrogen and oxygen atoms in total. The van der Waals surface area contributed by atoms with Gasteiger partial charge in [-0.15, -0.1) is 0 Å². The van der Waals surface area contributed by atoms with Crippen molar-refractivity contribution in [2.75, 3.05) is 18.0 Å². The highest BCUT2D eigenvalue weighted by Crippen LogP contribution is 2.29. The Morgan fingerprint density at radius 1 is 1.32 bits per heavy atom. The molecule has 0 N–H and O–H groups in total. The molecule has 0 saturated carbocycles. The molecule has 1 fully saturated rings. The van der Waals surface area contributed by atoms with E-state index in [0.717, 1.165) is 18.8 Å². The predicted octanol–water partition coefficient (Wildman–Crippen LogP) is 2.96. The summed E-state index contributed by atoms with van der Waals surface area (Å²) in [6.45, 7) is 10.2. The van der Waals surface area contributed by atoms with Crippen LogP contribution in [-0.2, 0) is 0 Å². The van der Waals surface area contributed by atoms with Crippen LogP contribution < -0.4 is 10.5 Å². The number of hydrogen-bond acceptors (Lipinski definition) is 3. The topological polar surface area (TPSA) is 38.1 Å². The summed E-state index contributed by atoms with van der Waals surface area (Å²) >= 11 is 6.26. The molecule has 0 unspecified atom stereocenters. The Bertz CT molecular complexity index is 502. The van der Waals surface area contributed by atoms with Gasteiger partial charge in [0, 0.05) is 13.1 Å². The third-order valence-electron chi connectivity index (χ3n) is 3.62. The number of nitrogens with zero attached hydrogens (tertiary/aromatic N) is 3. The molecular weight excluding hydrogens is 262 g/mol. The van der Waals surface area contributed by atoms with Crippen LogP contribution in [0.15, 0.2) is 11.0 Å². The quantitative estimate of drug-likeness (QED) is 0.837. The summed E-state index contributed by atoms with van der Waals surface area (Å²) in [4.78, 5) is 14.4. The first-order valence-corrected chi connectivity index (χ1v) is 7.30. The molecule has 0 spiro atoms. The molecule has 0 aliphatic carbocycles. The van der Waals surface area contributed by atoms with Gasteiger partial charge in [0.1, 0.15) is 5.02 Å². The van der Waals surface area contributed by atoms with Gasteiger partial charge in [-0.3, -0.25) is 4.79 Å². The Labute approximate surface area is 119 Å². The fourth-order valence-electron chi connectivity index (χ4n) is 2.88. The number of halogens is 1. The summed E-state index contributed by atoms with van der Waals surface area (Å²) in [5.74, 6) is 1.24. The van der Waals surface area contributed by atoms with E-state index in [1.54, 1.807) is 6.20 Å². The van der Waals surface area contributed by atoms with Gasteiger partial charge in [-0.25, -0.2) is 4.68 Å². The first-order chi connectivity index (χ1) is 8.90. The van der Waals surface area contributed by atoms with Gasteiger partial charge >= 0.3 is 0 Å². The number of piperidine rings is 1. The smallest absolute Gasteiger partial charge is 0.287 e. The molecule has 0 aromatic carbocycles. The van der Waals surface area contributed by atoms with E-state index in [2.05, 4.69) is 23.8 Å². The molecule has 2 rings (SSSR count). The highest BCUT2D eigenvalue weighted by atomic mass is 35.5. The summed E-state index contributed by atoms with van der Waals surface area (Å²) in [5.41, 5.74) is 0.585. The zero-order valence-electron chi connectivity index (χ0n) is 12.1. The number of aromatic nitrogens is 2. The maximum atomic E-state index is 12.2. The fourth-order valence-corrected chi connectivity index (χ4v) is 3.14. The Kier molecular flexibility index (Phi) is 4.19. The van der Waals surface area contributed by atoms with Crippen molar-refractivity contribution in [2.45, 2.75) is 40.2 Å². The number of hydrogen-bond donors (Lipinski definition) is 0. The maximum absolute atomic E-state index is 12.2. The third kappa shape index (κ3) is 2.94.